The maximum absolute atomic E-state index is 12.7. The van der Waals surface area contributed by atoms with Gasteiger partial charge in [-0.1, -0.05) is 12.1 Å². The summed E-state index contributed by atoms with van der Waals surface area (Å²) in [5.74, 6) is -0.226. The molecular weight excluding hydrogens is 297 g/mol. The van der Waals surface area contributed by atoms with E-state index in [0.717, 1.165) is 6.07 Å². The number of ether oxygens (including phenoxy) is 1. The van der Waals surface area contributed by atoms with Crippen LogP contribution in [0.15, 0.2) is 40.8 Å². The van der Waals surface area contributed by atoms with Crippen molar-refractivity contribution >= 4 is 11.6 Å². The highest BCUT2D eigenvalue weighted by molar-refractivity contribution is 6.28. The number of benzene rings is 1. The lowest BCUT2D eigenvalue weighted by atomic mass is 10.2. The molecule has 0 aliphatic carbocycles. The highest BCUT2D eigenvalue weighted by atomic mass is 35.5. The van der Waals surface area contributed by atoms with Crippen LogP contribution in [0.25, 0.3) is 0 Å². The number of hydrogen-bond donors (Lipinski definition) is 1. The molecule has 1 unspecified atom stereocenters. The second-order valence-corrected chi connectivity index (χ2v) is 4.34. The molecule has 7 heteroatoms. The molecule has 2 aromatic rings. The van der Waals surface area contributed by atoms with Gasteiger partial charge in [0.05, 0.1) is 5.56 Å². The molecular formula is C13H10ClF3O3. The molecule has 1 aromatic carbocycles. The molecule has 2 rings (SSSR count). The molecule has 1 aromatic heterocycles. The van der Waals surface area contributed by atoms with Crippen LogP contribution in [0.3, 0.4) is 0 Å². The zero-order valence-corrected chi connectivity index (χ0v) is 10.8. The van der Waals surface area contributed by atoms with Crippen molar-refractivity contribution in [2.75, 3.05) is 6.61 Å². The third kappa shape index (κ3) is 3.46. The van der Waals surface area contributed by atoms with E-state index in [1.54, 1.807) is 0 Å². The van der Waals surface area contributed by atoms with Gasteiger partial charge in [-0.15, -0.1) is 0 Å². The van der Waals surface area contributed by atoms with Gasteiger partial charge in [-0.3, -0.25) is 0 Å². The van der Waals surface area contributed by atoms with E-state index in [2.05, 4.69) is 0 Å². The largest absolute Gasteiger partial charge is 0.490 e. The molecule has 0 fully saturated rings. The minimum Gasteiger partial charge on any atom is -0.490 e. The van der Waals surface area contributed by atoms with Gasteiger partial charge in [-0.2, -0.15) is 13.2 Å². The van der Waals surface area contributed by atoms with E-state index < -0.39 is 17.8 Å². The van der Waals surface area contributed by atoms with Crippen LogP contribution in [-0.2, 0) is 6.18 Å². The summed E-state index contributed by atoms with van der Waals surface area (Å²) in [5, 5.41) is 9.81. The molecule has 0 bridgehead atoms. The number of halogens is 4. The van der Waals surface area contributed by atoms with Crippen molar-refractivity contribution in [3.05, 3.63) is 52.9 Å². The summed E-state index contributed by atoms with van der Waals surface area (Å²) in [7, 11) is 0. The first-order valence-electron chi connectivity index (χ1n) is 5.60. The summed E-state index contributed by atoms with van der Waals surface area (Å²) >= 11 is 5.54. The van der Waals surface area contributed by atoms with Crippen LogP contribution in [0.4, 0.5) is 13.2 Å². The number of aliphatic hydroxyl groups excluding tert-OH is 1. The highest BCUT2D eigenvalue weighted by Gasteiger charge is 2.34. The average molecular weight is 307 g/mol. The summed E-state index contributed by atoms with van der Waals surface area (Å²) in [6.07, 6.45) is -5.72. The number of para-hydroxylation sites is 1. The summed E-state index contributed by atoms with van der Waals surface area (Å²) in [4.78, 5) is 0. The molecule has 0 saturated heterocycles. The van der Waals surface area contributed by atoms with E-state index >= 15 is 0 Å². The van der Waals surface area contributed by atoms with Crippen LogP contribution in [0.2, 0.25) is 5.22 Å². The molecule has 0 spiro atoms. The first-order valence-corrected chi connectivity index (χ1v) is 5.98. The molecule has 0 amide bonds. The Bertz CT molecular complexity index is 580. The number of aliphatic hydroxyl groups is 1. The molecule has 0 radical (unpaired) electrons. The average Bonchev–Trinajstić information content (AvgIpc) is 2.82. The molecule has 108 valence electrons. The lowest BCUT2D eigenvalue weighted by Gasteiger charge is -2.15. The SMILES string of the molecule is OC(COc1ccccc1C(F)(F)F)c1ccc(Cl)o1. The van der Waals surface area contributed by atoms with E-state index in [1.807, 2.05) is 0 Å². The van der Waals surface area contributed by atoms with Crippen molar-refractivity contribution in [3.8, 4) is 5.75 Å². The van der Waals surface area contributed by atoms with Crippen LogP contribution in [-0.4, -0.2) is 11.7 Å². The lowest BCUT2D eigenvalue weighted by molar-refractivity contribution is -0.139. The summed E-state index contributed by atoms with van der Waals surface area (Å²) < 4.78 is 48.1. The third-order valence-electron chi connectivity index (χ3n) is 2.51. The predicted octanol–water partition coefficient (Wildman–Crippen LogP) is 4.06. The molecule has 3 nitrogen and oxygen atoms in total. The van der Waals surface area contributed by atoms with Crippen molar-refractivity contribution in [1.82, 2.24) is 0 Å². The fourth-order valence-corrected chi connectivity index (χ4v) is 1.74. The smallest absolute Gasteiger partial charge is 0.419 e. The Hall–Kier alpha value is -1.66. The van der Waals surface area contributed by atoms with E-state index in [4.69, 9.17) is 20.8 Å². The van der Waals surface area contributed by atoms with E-state index in [9.17, 15) is 18.3 Å². The minimum absolute atomic E-state index is 0.0785. The second kappa shape index (κ2) is 5.76. The second-order valence-electron chi connectivity index (χ2n) is 3.96. The maximum Gasteiger partial charge on any atom is 0.419 e. The van der Waals surface area contributed by atoms with Crippen LogP contribution in [0.1, 0.15) is 17.4 Å². The summed E-state index contributed by atoms with van der Waals surface area (Å²) in [6, 6.07) is 7.62. The molecule has 0 aliphatic rings. The summed E-state index contributed by atoms with van der Waals surface area (Å²) in [5.41, 5.74) is -0.898. The Morgan fingerprint density at radius 3 is 2.50 bits per heavy atom. The van der Waals surface area contributed by atoms with Gasteiger partial charge in [0.1, 0.15) is 24.2 Å². The highest BCUT2D eigenvalue weighted by Crippen LogP contribution is 2.36. The van der Waals surface area contributed by atoms with Crippen molar-refractivity contribution in [2.24, 2.45) is 0 Å². The quantitative estimate of drug-likeness (QED) is 0.926. The van der Waals surface area contributed by atoms with Crippen molar-refractivity contribution in [3.63, 3.8) is 0 Å². The molecule has 1 heterocycles. The monoisotopic (exact) mass is 306 g/mol. The predicted molar refractivity (Wildman–Crippen MR) is 65.6 cm³/mol. The fraction of sp³-hybridized carbons (Fsp3) is 0.231. The topological polar surface area (TPSA) is 42.6 Å². The molecule has 1 atom stereocenters. The Morgan fingerprint density at radius 1 is 1.20 bits per heavy atom. The summed E-state index contributed by atoms with van der Waals surface area (Å²) in [6.45, 7) is -0.378. The van der Waals surface area contributed by atoms with E-state index in [-0.39, 0.29) is 23.3 Å². The van der Waals surface area contributed by atoms with Crippen LogP contribution >= 0.6 is 11.6 Å². The van der Waals surface area contributed by atoms with Gasteiger partial charge in [-0.05, 0) is 35.9 Å². The van der Waals surface area contributed by atoms with Gasteiger partial charge in [-0.25, -0.2) is 0 Å². The van der Waals surface area contributed by atoms with Crippen LogP contribution < -0.4 is 4.74 Å². The minimum atomic E-state index is -4.52. The zero-order valence-electron chi connectivity index (χ0n) is 10.0. The van der Waals surface area contributed by atoms with Gasteiger partial charge in [0.25, 0.3) is 0 Å². The van der Waals surface area contributed by atoms with Gasteiger partial charge < -0.3 is 14.3 Å². The molecule has 0 saturated carbocycles. The van der Waals surface area contributed by atoms with Crippen molar-refractivity contribution in [1.29, 1.82) is 0 Å². The standard InChI is InChI=1S/C13H10ClF3O3/c14-12-6-5-11(20-12)9(18)7-19-10-4-2-1-3-8(10)13(15,16)17/h1-6,9,18H,7H2. The van der Waals surface area contributed by atoms with Gasteiger partial charge in [0.15, 0.2) is 5.22 Å². The first kappa shape index (κ1) is 14.7. The van der Waals surface area contributed by atoms with E-state index in [0.29, 0.717) is 0 Å². The maximum atomic E-state index is 12.7. The Morgan fingerprint density at radius 2 is 1.90 bits per heavy atom. The molecule has 20 heavy (non-hydrogen) atoms. The van der Waals surface area contributed by atoms with Gasteiger partial charge in [0.2, 0.25) is 0 Å². The molecule has 1 N–H and O–H groups in total. The molecule has 0 aliphatic heterocycles. The number of furan rings is 1. The fourth-order valence-electron chi connectivity index (χ4n) is 1.58. The lowest BCUT2D eigenvalue weighted by Crippen LogP contribution is -2.13. The number of rotatable bonds is 4. The normalized spacial score (nSPS) is 13.2. The van der Waals surface area contributed by atoms with Gasteiger partial charge >= 0.3 is 6.18 Å². The number of hydrogen-bond acceptors (Lipinski definition) is 3. The first-order chi connectivity index (χ1) is 9.38. The Balaban J connectivity index is 2.08. The third-order valence-corrected chi connectivity index (χ3v) is 2.71. The Kier molecular flexibility index (Phi) is 4.25. The van der Waals surface area contributed by atoms with E-state index in [1.165, 1.54) is 30.3 Å². The van der Waals surface area contributed by atoms with Crippen LogP contribution in [0.5, 0.6) is 5.75 Å². The number of alkyl halides is 3. The van der Waals surface area contributed by atoms with Crippen LogP contribution in [0, 0.1) is 0 Å². The zero-order chi connectivity index (χ0) is 14.8. The Labute approximate surface area is 117 Å². The van der Waals surface area contributed by atoms with Crippen molar-refractivity contribution in [2.45, 2.75) is 12.3 Å². The van der Waals surface area contributed by atoms with Crippen molar-refractivity contribution < 1.29 is 27.4 Å². The van der Waals surface area contributed by atoms with Gasteiger partial charge in [0, 0.05) is 0 Å².